The van der Waals surface area contributed by atoms with Crippen LogP contribution in [0.5, 0.6) is 0 Å². The monoisotopic (exact) mass is 460 g/mol. The molecule has 4 aromatic rings. The molecule has 4 nitrogen and oxygen atoms in total. The second-order valence-corrected chi connectivity index (χ2v) is 8.73. The molecule has 0 aromatic heterocycles. The molecule has 1 fully saturated rings. The summed E-state index contributed by atoms with van der Waals surface area (Å²) in [4.78, 5) is 26.6. The minimum Gasteiger partial charge on any atom is -0.322 e. The molecule has 1 saturated heterocycles. The number of hydrogen-bond donors (Lipinski definition) is 1. The van der Waals surface area contributed by atoms with Crippen molar-refractivity contribution in [3.63, 3.8) is 0 Å². The lowest BCUT2D eigenvalue weighted by molar-refractivity contribution is -0.115. The third-order valence-electron chi connectivity index (χ3n) is 5.48. The average Bonchev–Trinajstić information content (AvgIpc) is 3.21. The Bertz CT molecular complexity index is 1390. The number of carbonyl (C=O) groups is 2. The molecule has 1 unspecified atom stereocenters. The summed E-state index contributed by atoms with van der Waals surface area (Å²) >= 11 is 1.32. The fourth-order valence-corrected chi connectivity index (χ4v) is 5.06. The Hall–Kier alpha value is -3.71. The Balaban J connectivity index is 1.41. The number of benzene rings is 4. The van der Waals surface area contributed by atoms with Crippen LogP contribution < -0.4 is 10.2 Å². The van der Waals surface area contributed by atoms with Crippen LogP contribution in [0.1, 0.15) is 21.3 Å². The number of anilines is 2. The van der Waals surface area contributed by atoms with Gasteiger partial charge in [-0.15, -0.1) is 11.8 Å². The maximum absolute atomic E-state index is 14.4. The lowest BCUT2D eigenvalue weighted by atomic mass is 10.1. The highest BCUT2D eigenvalue weighted by atomic mass is 32.2. The first kappa shape index (κ1) is 21.2. The largest absolute Gasteiger partial charge is 0.322 e. The second-order valence-electron chi connectivity index (χ2n) is 7.66. The quantitative estimate of drug-likeness (QED) is 0.397. The second kappa shape index (κ2) is 8.67. The van der Waals surface area contributed by atoms with Crippen molar-refractivity contribution in [2.24, 2.45) is 0 Å². The number of fused-ring (bicyclic) bond motifs is 1. The predicted octanol–water partition coefficient (Wildman–Crippen LogP) is 6.15. The molecule has 0 saturated carbocycles. The topological polar surface area (TPSA) is 49.4 Å². The SMILES string of the molecule is O=C(Nc1cccc(C2SCC(=O)N2c2cc(F)ccc2F)c1)c1ccc2ccccc2c1. The van der Waals surface area contributed by atoms with Crippen molar-refractivity contribution < 1.29 is 18.4 Å². The molecule has 1 atom stereocenters. The average molecular weight is 461 g/mol. The van der Waals surface area contributed by atoms with Gasteiger partial charge in [0.05, 0.1) is 11.4 Å². The first-order valence-electron chi connectivity index (χ1n) is 10.3. The third-order valence-corrected chi connectivity index (χ3v) is 6.69. The summed E-state index contributed by atoms with van der Waals surface area (Å²) in [6.45, 7) is 0. The van der Waals surface area contributed by atoms with Gasteiger partial charge in [-0.3, -0.25) is 14.5 Å². The molecular formula is C26H18F2N2O2S. The van der Waals surface area contributed by atoms with Crippen LogP contribution in [-0.2, 0) is 4.79 Å². The van der Waals surface area contributed by atoms with Crippen molar-refractivity contribution in [2.45, 2.75) is 5.37 Å². The van der Waals surface area contributed by atoms with E-state index in [4.69, 9.17) is 0 Å². The maximum atomic E-state index is 14.4. The van der Waals surface area contributed by atoms with Crippen molar-refractivity contribution in [3.8, 4) is 0 Å². The predicted molar refractivity (Wildman–Crippen MR) is 127 cm³/mol. The van der Waals surface area contributed by atoms with Crippen molar-refractivity contribution >= 4 is 45.7 Å². The molecule has 164 valence electrons. The van der Waals surface area contributed by atoms with Crippen LogP contribution >= 0.6 is 11.8 Å². The standard InChI is InChI=1S/C26H18F2N2O2S/c27-20-10-11-22(28)23(14-20)30-24(31)15-33-26(30)19-6-3-7-21(13-19)29-25(32)18-9-8-16-4-1-2-5-17(16)12-18/h1-14,26H,15H2,(H,29,32). The van der Waals surface area contributed by atoms with Gasteiger partial charge in [-0.05, 0) is 52.7 Å². The van der Waals surface area contributed by atoms with Gasteiger partial charge in [0, 0.05) is 17.3 Å². The van der Waals surface area contributed by atoms with E-state index in [0.29, 0.717) is 16.8 Å². The number of nitrogens with zero attached hydrogens (tertiary/aromatic N) is 1. The number of hydrogen-bond acceptors (Lipinski definition) is 3. The molecule has 5 rings (SSSR count). The van der Waals surface area contributed by atoms with Gasteiger partial charge >= 0.3 is 0 Å². The van der Waals surface area contributed by atoms with Crippen LogP contribution in [0, 0.1) is 11.6 Å². The highest BCUT2D eigenvalue weighted by molar-refractivity contribution is 8.00. The van der Waals surface area contributed by atoms with E-state index in [1.165, 1.54) is 16.7 Å². The van der Waals surface area contributed by atoms with Crippen LogP contribution in [0.15, 0.2) is 84.9 Å². The molecule has 0 aliphatic carbocycles. The zero-order valence-corrected chi connectivity index (χ0v) is 18.1. The number of thioether (sulfide) groups is 1. The lowest BCUT2D eigenvalue weighted by Crippen LogP contribution is -2.28. The Morgan fingerprint density at radius 1 is 0.909 bits per heavy atom. The minimum absolute atomic E-state index is 0.0967. The van der Waals surface area contributed by atoms with Gasteiger partial charge in [0.15, 0.2) is 0 Å². The highest BCUT2D eigenvalue weighted by Gasteiger charge is 2.35. The normalized spacial score (nSPS) is 15.8. The smallest absolute Gasteiger partial charge is 0.255 e. The lowest BCUT2D eigenvalue weighted by Gasteiger charge is -2.25. The van der Waals surface area contributed by atoms with Crippen LogP contribution in [0.4, 0.5) is 20.2 Å². The zero-order chi connectivity index (χ0) is 22.9. The van der Waals surface area contributed by atoms with E-state index in [-0.39, 0.29) is 23.3 Å². The summed E-state index contributed by atoms with van der Waals surface area (Å²) in [7, 11) is 0. The fraction of sp³-hybridized carbons (Fsp3) is 0.0769. The van der Waals surface area contributed by atoms with E-state index in [0.717, 1.165) is 29.0 Å². The Labute approximate surface area is 193 Å². The molecule has 1 aliphatic heterocycles. The number of amides is 2. The van der Waals surface area contributed by atoms with Gasteiger partial charge in [-0.25, -0.2) is 8.78 Å². The van der Waals surface area contributed by atoms with E-state index in [2.05, 4.69) is 5.32 Å². The summed E-state index contributed by atoms with van der Waals surface area (Å²) in [5.41, 5.74) is 1.67. The van der Waals surface area contributed by atoms with Crippen molar-refractivity contribution in [1.82, 2.24) is 0 Å². The summed E-state index contributed by atoms with van der Waals surface area (Å²) in [6, 6.07) is 23.4. The van der Waals surface area contributed by atoms with Crippen LogP contribution in [-0.4, -0.2) is 17.6 Å². The van der Waals surface area contributed by atoms with Gasteiger partial charge < -0.3 is 5.32 Å². The highest BCUT2D eigenvalue weighted by Crippen LogP contribution is 2.43. The molecule has 33 heavy (non-hydrogen) atoms. The summed E-state index contributed by atoms with van der Waals surface area (Å²) < 4.78 is 28.2. The van der Waals surface area contributed by atoms with E-state index >= 15 is 0 Å². The third kappa shape index (κ3) is 4.19. The van der Waals surface area contributed by atoms with Crippen molar-refractivity contribution in [3.05, 3.63) is 108 Å². The first-order chi connectivity index (χ1) is 16.0. The van der Waals surface area contributed by atoms with Gasteiger partial charge in [-0.1, -0.05) is 42.5 Å². The molecule has 0 radical (unpaired) electrons. The molecule has 2 amide bonds. The summed E-state index contributed by atoms with van der Waals surface area (Å²) in [5, 5.41) is 4.36. The fourth-order valence-electron chi connectivity index (χ4n) is 3.91. The molecule has 1 N–H and O–H groups in total. The molecule has 4 aromatic carbocycles. The van der Waals surface area contributed by atoms with E-state index in [9.17, 15) is 18.4 Å². The van der Waals surface area contributed by atoms with Crippen LogP contribution in [0.3, 0.4) is 0 Å². The van der Waals surface area contributed by atoms with Crippen molar-refractivity contribution in [1.29, 1.82) is 0 Å². The van der Waals surface area contributed by atoms with Gasteiger partial charge in [0.1, 0.15) is 17.0 Å². The van der Waals surface area contributed by atoms with Crippen molar-refractivity contribution in [2.75, 3.05) is 16.0 Å². The van der Waals surface area contributed by atoms with E-state index in [1.54, 1.807) is 30.3 Å². The van der Waals surface area contributed by atoms with Crippen LogP contribution in [0.25, 0.3) is 10.8 Å². The van der Waals surface area contributed by atoms with E-state index < -0.39 is 17.0 Å². The molecule has 0 bridgehead atoms. The molecule has 7 heteroatoms. The zero-order valence-electron chi connectivity index (χ0n) is 17.3. The summed E-state index contributed by atoms with van der Waals surface area (Å²) in [5.74, 6) is -1.71. The molecule has 1 aliphatic rings. The van der Waals surface area contributed by atoms with Crippen LogP contribution in [0.2, 0.25) is 0 Å². The maximum Gasteiger partial charge on any atom is 0.255 e. The molecular weight excluding hydrogens is 442 g/mol. The first-order valence-corrected chi connectivity index (χ1v) is 11.3. The number of carbonyl (C=O) groups excluding carboxylic acids is 2. The number of halogens is 2. The minimum atomic E-state index is -0.669. The number of rotatable bonds is 4. The molecule has 1 heterocycles. The number of nitrogens with one attached hydrogen (secondary N) is 1. The Kier molecular flexibility index (Phi) is 5.56. The Morgan fingerprint density at radius 3 is 2.58 bits per heavy atom. The van der Waals surface area contributed by atoms with Gasteiger partial charge in [-0.2, -0.15) is 0 Å². The Morgan fingerprint density at radius 2 is 1.73 bits per heavy atom. The van der Waals surface area contributed by atoms with Gasteiger partial charge in [0.2, 0.25) is 5.91 Å². The van der Waals surface area contributed by atoms with E-state index in [1.807, 2.05) is 36.4 Å². The molecule has 0 spiro atoms. The van der Waals surface area contributed by atoms with Gasteiger partial charge in [0.25, 0.3) is 5.91 Å². The summed E-state index contributed by atoms with van der Waals surface area (Å²) in [6.07, 6.45) is 0.